The van der Waals surface area contributed by atoms with Crippen molar-refractivity contribution in [3.8, 4) is 11.1 Å². The molecule has 0 radical (unpaired) electrons. The largest absolute Gasteiger partial charge is 0.388 e. The van der Waals surface area contributed by atoms with Crippen LogP contribution in [0, 0.1) is 0 Å². The van der Waals surface area contributed by atoms with Crippen LogP contribution in [0.1, 0.15) is 31.4 Å². The van der Waals surface area contributed by atoms with Gasteiger partial charge in [-0.25, -0.2) is 4.79 Å². The van der Waals surface area contributed by atoms with E-state index in [0.717, 1.165) is 40.6 Å². The van der Waals surface area contributed by atoms with Gasteiger partial charge < -0.3 is 15.1 Å². The molecule has 0 aliphatic carbocycles. The van der Waals surface area contributed by atoms with Crippen molar-refractivity contribution in [1.29, 1.82) is 0 Å². The Bertz CT molecular complexity index is 800. The van der Waals surface area contributed by atoms with Gasteiger partial charge in [-0.15, -0.1) is 0 Å². The highest BCUT2D eigenvalue weighted by atomic mass is 16.3. The molecule has 0 aliphatic heterocycles. The van der Waals surface area contributed by atoms with Gasteiger partial charge >= 0.3 is 5.69 Å². The second-order valence-electron chi connectivity index (χ2n) is 5.23. The summed E-state index contributed by atoms with van der Waals surface area (Å²) in [5.41, 5.74) is 4.32. The molecule has 1 heterocycles. The highest BCUT2D eigenvalue weighted by molar-refractivity contribution is 5.91. The number of aliphatic hydroxyl groups is 1. The lowest BCUT2D eigenvalue weighted by Crippen LogP contribution is -1.99. The van der Waals surface area contributed by atoms with E-state index in [0.29, 0.717) is 0 Å². The number of imidazole rings is 1. The summed E-state index contributed by atoms with van der Waals surface area (Å²) in [7, 11) is 0. The van der Waals surface area contributed by atoms with E-state index in [9.17, 15) is 9.90 Å². The number of hydrogen-bond donors (Lipinski definition) is 3. The van der Waals surface area contributed by atoms with Crippen molar-refractivity contribution in [3.63, 3.8) is 0 Å². The monoisotopic (exact) mass is 282 g/mol. The third-order valence-corrected chi connectivity index (χ3v) is 3.72. The Hall–Kier alpha value is -2.33. The maximum atomic E-state index is 11.4. The lowest BCUT2D eigenvalue weighted by atomic mass is 9.99. The first-order valence-electron chi connectivity index (χ1n) is 7.18. The van der Waals surface area contributed by atoms with Crippen LogP contribution in [0.15, 0.2) is 47.3 Å². The van der Waals surface area contributed by atoms with Gasteiger partial charge in [0.15, 0.2) is 0 Å². The van der Waals surface area contributed by atoms with E-state index in [2.05, 4.69) is 16.9 Å². The fourth-order valence-electron chi connectivity index (χ4n) is 2.62. The van der Waals surface area contributed by atoms with E-state index < -0.39 is 6.10 Å². The van der Waals surface area contributed by atoms with Crippen molar-refractivity contribution in [3.05, 3.63) is 58.5 Å². The molecule has 1 unspecified atom stereocenters. The first kappa shape index (κ1) is 13.6. The molecule has 3 rings (SSSR count). The highest BCUT2D eigenvalue weighted by Gasteiger charge is 2.09. The smallest absolute Gasteiger partial charge is 0.323 e. The van der Waals surface area contributed by atoms with Crippen LogP contribution in [-0.4, -0.2) is 15.1 Å². The number of hydrogen-bond acceptors (Lipinski definition) is 2. The molecule has 3 N–H and O–H groups in total. The van der Waals surface area contributed by atoms with Gasteiger partial charge in [0, 0.05) is 5.56 Å². The van der Waals surface area contributed by atoms with Gasteiger partial charge in [0.25, 0.3) is 0 Å². The predicted molar refractivity (Wildman–Crippen MR) is 84.2 cm³/mol. The third kappa shape index (κ3) is 2.62. The molecule has 0 bridgehead atoms. The van der Waals surface area contributed by atoms with Gasteiger partial charge in [-0.3, -0.25) is 0 Å². The fraction of sp³-hybridized carbons (Fsp3) is 0.235. The number of nitrogens with one attached hydrogen (secondary N) is 2. The molecule has 0 fully saturated rings. The molecule has 108 valence electrons. The quantitative estimate of drug-likeness (QED) is 0.686. The van der Waals surface area contributed by atoms with E-state index in [4.69, 9.17) is 0 Å². The molecule has 1 atom stereocenters. The van der Waals surface area contributed by atoms with Crippen LogP contribution in [0.5, 0.6) is 0 Å². The Labute approximate surface area is 122 Å². The topological polar surface area (TPSA) is 68.9 Å². The van der Waals surface area contributed by atoms with Crippen LogP contribution in [0.2, 0.25) is 0 Å². The number of aromatic nitrogens is 2. The summed E-state index contributed by atoms with van der Waals surface area (Å²) in [5.74, 6) is 0. The van der Waals surface area contributed by atoms with Crippen LogP contribution in [-0.2, 0) is 0 Å². The zero-order chi connectivity index (χ0) is 14.8. The van der Waals surface area contributed by atoms with E-state index >= 15 is 0 Å². The Kier molecular flexibility index (Phi) is 3.62. The minimum absolute atomic E-state index is 0.201. The maximum absolute atomic E-state index is 11.4. The molecule has 0 amide bonds. The molecule has 2 aromatic carbocycles. The van der Waals surface area contributed by atoms with Crippen molar-refractivity contribution >= 4 is 11.0 Å². The Morgan fingerprint density at radius 1 is 1.10 bits per heavy atom. The van der Waals surface area contributed by atoms with Crippen molar-refractivity contribution in [1.82, 2.24) is 9.97 Å². The van der Waals surface area contributed by atoms with Gasteiger partial charge in [-0.2, -0.15) is 0 Å². The molecule has 4 nitrogen and oxygen atoms in total. The third-order valence-electron chi connectivity index (χ3n) is 3.72. The number of benzene rings is 2. The van der Waals surface area contributed by atoms with E-state index in [-0.39, 0.29) is 5.69 Å². The zero-order valence-corrected chi connectivity index (χ0v) is 11.9. The summed E-state index contributed by atoms with van der Waals surface area (Å²) < 4.78 is 0. The van der Waals surface area contributed by atoms with Gasteiger partial charge in [0.05, 0.1) is 17.1 Å². The molecule has 4 heteroatoms. The molecular weight excluding hydrogens is 264 g/mol. The molecule has 21 heavy (non-hydrogen) atoms. The summed E-state index contributed by atoms with van der Waals surface area (Å²) in [5, 5.41) is 10.0. The number of aliphatic hydroxyl groups excluding tert-OH is 1. The average Bonchev–Trinajstić information content (AvgIpc) is 2.87. The fourth-order valence-corrected chi connectivity index (χ4v) is 2.62. The second-order valence-corrected chi connectivity index (χ2v) is 5.23. The first-order chi connectivity index (χ1) is 10.2. The summed E-state index contributed by atoms with van der Waals surface area (Å²) in [6.45, 7) is 2.06. The van der Waals surface area contributed by atoms with Crippen LogP contribution in [0.4, 0.5) is 0 Å². The first-order valence-corrected chi connectivity index (χ1v) is 7.18. The SMILES string of the molecule is CCCC(O)c1ccc(-c2cccc3[nH]c(=O)[nH]c23)cc1. The summed E-state index contributed by atoms with van der Waals surface area (Å²) in [6.07, 6.45) is 1.30. The van der Waals surface area contributed by atoms with E-state index in [1.807, 2.05) is 42.5 Å². The molecule has 1 aromatic heterocycles. The molecule has 0 saturated heterocycles. The summed E-state index contributed by atoms with van der Waals surface area (Å²) in [6, 6.07) is 13.6. The number of aromatic amines is 2. The Morgan fingerprint density at radius 2 is 1.86 bits per heavy atom. The lowest BCUT2D eigenvalue weighted by Gasteiger charge is -2.10. The second kappa shape index (κ2) is 5.58. The normalized spacial score (nSPS) is 12.7. The van der Waals surface area contributed by atoms with Crippen LogP contribution in [0.25, 0.3) is 22.2 Å². The molecule has 0 spiro atoms. The lowest BCUT2D eigenvalue weighted by molar-refractivity contribution is 0.166. The minimum Gasteiger partial charge on any atom is -0.388 e. The Balaban J connectivity index is 2.01. The van der Waals surface area contributed by atoms with Crippen molar-refractivity contribution in [2.45, 2.75) is 25.9 Å². The number of H-pyrrole nitrogens is 2. The zero-order valence-electron chi connectivity index (χ0n) is 11.9. The number of rotatable bonds is 4. The highest BCUT2D eigenvalue weighted by Crippen LogP contribution is 2.27. The molecular formula is C17H18N2O2. The van der Waals surface area contributed by atoms with Gasteiger partial charge in [-0.1, -0.05) is 49.7 Å². The maximum Gasteiger partial charge on any atom is 0.323 e. The van der Waals surface area contributed by atoms with Crippen molar-refractivity contribution in [2.24, 2.45) is 0 Å². The number of para-hydroxylation sites is 1. The van der Waals surface area contributed by atoms with Crippen LogP contribution in [0.3, 0.4) is 0 Å². The minimum atomic E-state index is -0.410. The summed E-state index contributed by atoms with van der Waals surface area (Å²) in [4.78, 5) is 17.0. The molecule has 3 aromatic rings. The van der Waals surface area contributed by atoms with Crippen molar-refractivity contribution in [2.75, 3.05) is 0 Å². The number of fused-ring (bicyclic) bond motifs is 1. The van der Waals surface area contributed by atoms with Crippen LogP contribution < -0.4 is 5.69 Å². The van der Waals surface area contributed by atoms with Gasteiger partial charge in [0.2, 0.25) is 0 Å². The van der Waals surface area contributed by atoms with Crippen LogP contribution >= 0.6 is 0 Å². The predicted octanol–water partition coefficient (Wildman–Crippen LogP) is 3.36. The van der Waals surface area contributed by atoms with Gasteiger partial charge in [0.1, 0.15) is 0 Å². The van der Waals surface area contributed by atoms with E-state index in [1.165, 1.54) is 0 Å². The standard InChI is InChI=1S/C17H18N2O2/c1-2-4-15(20)12-9-7-11(8-10-12)13-5-3-6-14-16(13)19-17(21)18-14/h3,5-10,15,20H,2,4H2,1H3,(H2,18,19,21). The molecule has 0 saturated carbocycles. The van der Waals surface area contributed by atoms with Crippen molar-refractivity contribution < 1.29 is 5.11 Å². The average molecular weight is 282 g/mol. The summed E-state index contributed by atoms with van der Waals surface area (Å²) >= 11 is 0. The van der Waals surface area contributed by atoms with E-state index in [1.54, 1.807) is 0 Å². The Morgan fingerprint density at radius 3 is 2.57 bits per heavy atom. The molecule has 0 aliphatic rings. The van der Waals surface area contributed by atoms with Gasteiger partial charge in [-0.05, 0) is 23.6 Å².